The fraction of sp³-hybridized carbons (Fsp3) is 0.333. The number of aryl methyl sites for hydroxylation is 1. The molecule has 2 rings (SSSR count). The standard InChI is InChI=1S/C15H19N3OS/c1-3-12-6-7-13(20-12)10-18-15(19)14-8-5-11(9-17-14)16-4-2/h5-9,16H,3-4,10H2,1-2H3,(H,18,19). The first-order valence-electron chi connectivity index (χ1n) is 6.78. The first-order valence-corrected chi connectivity index (χ1v) is 7.60. The van der Waals surface area contributed by atoms with E-state index < -0.39 is 0 Å². The Balaban J connectivity index is 1.90. The van der Waals surface area contributed by atoms with E-state index in [0.29, 0.717) is 12.2 Å². The molecule has 0 atom stereocenters. The molecule has 2 N–H and O–H groups in total. The molecule has 2 aromatic heterocycles. The summed E-state index contributed by atoms with van der Waals surface area (Å²) in [4.78, 5) is 18.6. The number of aromatic nitrogens is 1. The van der Waals surface area contributed by atoms with Gasteiger partial charge in [0.1, 0.15) is 5.69 Å². The van der Waals surface area contributed by atoms with Crippen molar-refractivity contribution in [3.8, 4) is 0 Å². The molecule has 4 nitrogen and oxygen atoms in total. The topological polar surface area (TPSA) is 54.0 Å². The van der Waals surface area contributed by atoms with Crippen molar-refractivity contribution in [1.82, 2.24) is 10.3 Å². The lowest BCUT2D eigenvalue weighted by Gasteiger charge is -2.05. The van der Waals surface area contributed by atoms with Crippen molar-refractivity contribution >= 4 is 22.9 Å². The Labute approximate surface area is 123 Å². The summed E-state index contributed by atoms with van der Waals surface area (Å²) in [6.45, 7) is 5.54. The summed E-state index contributed by atoms with van der Waals surface area (Å²) < 4.78 is 0. The maximum atomic E-state index is 12.0. The smallest absolute Gasteiger partial charge is 0.270 e. The number of rotatable bonds is 6. The van der Waals surface area contributed by atoms with Gasteiger partial charge in [0, 0.05) is 16.3 Å². The Hall–Kier alpha value is -1.88. The molecule has 0 aromatic carbocycles. The summed E-state index contributed by atoms with van der Waals surface area (Å²) in [5.74, 6) is -0.139. The predicted octanol–water partition coefficient (Wildman–Crippen LogP) is 3.07. The predicted molar refractivity (Wildman–Crippen MR) is 83.3 cm³/mol. The maximum absolute atomic E-state index is 12.0. The number of carbonyl (C=O) groups is 1. The Morgan fingerprint density at radius 3 is 2.60 bits per heavy atom. The van der Waals surface area contributed by atoms with Crippen molar-refractivity contribution < 1.29 is 4.79 Å². The zero-order chi connectivity index (χ0) is 14.4. The molecule has 0 aliphatic rings. The lowest BCUT2D eigenvalue weighted by atomic mass is 10.3. The molecule has 0 saturated heterocycles. The average Bonchev–Trinajstić information content (AvgIpc) is 2.94. The van der Waals surface area contributed by atoms with Gasteiger partial charge in [-0.3, -0.25) is 4.79 Å². The molecule has 0 aliphatic heterocycles. The van der Waals surface area contributed by atoms with Crippen LogP contribution in [0.5, 0.6) is 0 Å². The van der Waals surface area contributed by atoms with Gasteiger partial charge in [0.25, 0.3) is 5.91 Å². The van der Waals surface area contributed by atoms with E-state index in [2.05, 4.69) is 34.7 Å². The number of amides is 1. The number of nitrogens with zero attached hydrogens (tertiary/aromatic N) is 1. The van der Waals surface area contributed by atoms with E-state index >= 15 is 0 Å². The van der Waals surface area contributed by atoms with E-state index in [1.54, 1.807) is 23.6 Å². The molecular formula is C15H19N3OS. The van der Waals surface area contributed by atoms with Gasteiger partial charge in [0.05, 0.1) is 18.4 Å². The fourth-order valence-electron chi connectivity index (χ4n) is 1.80. The van der Waals surface area contributed by atoms with Gasteiger partial charge < -0.3 is 10.6 Å². The minimum absolute atomic E-state index is 0.139. The molecule has 2 heterocycles. The highest BCUT2D eigenvalue weighted by atomic mass is 32.1. The third kappa shape index (κ3) is 3.81. The van der Waals surface area contributed by atoms with Crippen molar-refractivity contribution in [1.29, 1.82) is 0 Å². The number of nitrogens with one attached hydrogen (secondary N) is 2. The third-order valence-electron chi connectivity index (χ3n) is 2.87. The van der Waals surface area contributed by atoms with Crippen LogP contribution in [-0.2, 0) is 13.0 Å². The van der Waals surface area contributed by atoms with Crippen LogP contribution in [0.3, 0.4) is 0 Å². The Morgan fingerprint density at radius 2 is 2.00 bits per heavy atom. The molecule has 106 valence electrons. The second kappa shape index (κ2) is 7.05. The van der Waals surface area contributed by atoms with Crippen LogP contribution < -0.4 is 10.6 Å². The maximum Gasteiger partial charge on any atom is 0.270 e. The Bertz CT molecular complexity index is 563. The van der Waals surface area contributed by atoms with Gasteiger partial charge in [0.15, 0.2) is 0 Å². The van der Waals surface area contributed by atoms with Crippen molar-refractivity contribution in [3.05, 3.63) is 45.9 Å². The third-order valence-corrected chi connectivity index (χ3v) is 4.10. The summed E-state index contributed by atoms with van der Waals surface area (Å²) in [7, 11) is 0. The summed E-state index contributed by atoms with van der Waals surface area (Å²) >= 11 is 1.73. The van der Waals surface area contributed by atoms with Crippen LogP contribution in [0.15, 0.2) is 30.5 Å². The number of hydrogen-bond acceptors (Lipinski definition) is 4. The molecule has 0 radical (unpaired) electrons. The van der Waals surface area contributed by atoms with Crippen LogP contribution in [0, 0.1) is 0 Å². The number of anilines is 1. The van der Waals surface area contributed by atoms with Gasteiger partial charge in [-0.1, -0.05) is 6.92 Å². The van der Waals surface area contributed by atoms with Gasteiger partial charge in [0.2, 0.25) is 0 Å². The van der Waals surface area contributed by atoms with Crippen molar-refractivity contribution in [2.24, 2.45) is 0 Å². The molecule has 0 unspecified atom stereocenters. The fourth-order valence-corrected chi connectivity index (χ4v) is 2.70. The quantitative estimate of drug-likeness (QED) is 0.859. The van der Waals surface area contributed by atoms with E-state index in [4.69, 9.17) is 0 Å². The minimum Gasteiger partial charge on any atom is -0.384 e. The van der Waals surface area contributed by atoms with Crippen LogP contribution in [-0.4, -0.2) is 17.4 Å². The first-order chi connectivity index (χ1) is 9.72. The largest absolute Gasteiger partial charge is 0.384 e. The monoisotopic (exact) mass is 289 g/mol. The molecule has 0 bridgehead atoms. The Morgan fingerprint density at radius 1 is 1.20 bits per heavy atom. The summed E-state index contributed by atoms with van der Waals surface area (Å²) in [6, 6.07) is 7.77. The van der Waals surface area contributed by atoms with E-state index in [9.17, 15) is 4.79 Å². The van der Waals surface area contributed by atoms with Crippen LogP contribution in [0.25, 0.3) is 0 Å². The molecule has 0 spiro atoms. The van der Waals surface area contributed by atoms with E-state index in [1.807, 2.05) is 13.0 Å². The van der Waals surface area contributed by atoms with Gasteiger partial charge in [-0.05, 0) is 37.6 Å². The van der Waals surface area contributed by atoms with Crippen LogP contribution >= 0.6 is 11.3 Å². The first kappa shape index (κ1) is 14.5. The second-order valence-electron chi connectivity index (χ2n) is 4.37. The lowest BCUT2D eigenvalue weighted by Crippen LogP contribution is -2.23. The summed E-state index contributed by atoms with van der Waals surface area (Å²) in [6.07, 6.45) is 2.71. The highest BCUT2D eigenvalue weighted by Crippen LogP contribution is 2.16. The SMILES string of the molecule is CCNc1ccc(C(=O)NCc2ccc(CC)s2)nc1. The van der Waals surface area contributed by atoms with Crippen molar-refractivity contribution in [2.75, 3.05) is 11.9 Å². The number of pyridine rings is 1. The zero-order valence-corrected chi connectivity index (χ0v) is 12.6. The highest BCUT2D eigenvalue weighted by Gasteiger charge is 2.07. The van der Waals surface area contributed by atoms with Gasteiger partial charge in [-0.15, -0.1) is 11.3 Å². The highest BCUT2D eigenvalue weighted by molar-refractivity contribution is 7.11. The Kier molecular flexibility index (Phi) is 5.12. The normalized spacial score (nSPS) is 10.3. The number of carbonyl (C=O) groups excluding carboxylic acids is 1. The van der Waals surface area contributed by atoms with E-state index in [0.717, 1.165) is 18.7 Å². The molecule has 2 aromatic rings. The molecule has 5 heteroatoms. The second-order valence-corrected chi connectivity index (χ2v) is 5.62. The molecule has 1 amide bonds. The molecule has 0 aliphatic carbocycles. The molecule has 20 heavy (non-hydrogen) atoms. The average molecular weight is 289 g/mol. The van der Waals surface area contributed by atoms with Crippen LogP contribution in [0.2, 0.25) is 0 Å². The van der Waals surface area contributed by atoms with E-state index in [-0.39, 0.29) is 5.91 Å². The van der Waals surface area contributed by atoms with Crippen molar-refractivity contribution in [3.63, 3.8) is 0 Å². The summed E-state index contributed by atoms with van der Waals surface area (Å²) in [5, 5.41) is 6.04. The van der Waals surface area contributed by atoms with Gasteiger partial charge in [-0.2, -0.15) is 0 Å². The number of thiophene rings is 1. The van der Waals surface area contributed by atoms with Gasteiger partial charge in [-0.25, -0.2) is 4.98 Å². The molecular weight excluding hydrogens is 270 g/mol. The summed E-state index contributed by atoms with van der Waals surface area (Å²) in [5.41, 5.74) is 1.37. The van der Waals surface area contributed by atoms with Crippen LogP contribution in [0.1, 0.15) is 34.1 Å². The zero-order valence-electron chi connectivity index (χ0n) is 11.8. The van der Waals surface area contributed by atoms with E-state index in [1.165, 1.54) is 9.75 Å². The minimum atomic E-state index is -0.139. The molecule has 0 saturated carbocycles. The van der Waals surface area contributed by atoms with Crippen molar-refractivity contribution in [2.45, 2.75) is 26.8 Å². The molecule has 0 fully saturated rings. The number of hydrogen-bond donors (Lipinski definition) is 2. The van der Waals surface area contributed by atoms with Crippen LogP contribution in [0.4, 0.5) is 5.69 Å². The van der Waals surface area contributed by atoms with Gasteiger partial charge >= 0.3 is 0 Å². The lowest BCUT2D eigenvalue weighted by molar-refractivity contribution is 0.0946.